The van der Waals surface area contributed by atoms with Crippen LogP contribution in [0.15, 0.2) is 0 Å². The van der Waals surface area contributed by atoms with E-state index >= 15 is 0 Å². The minimum absolute atomic E-state index is 0.0669. The van der Waals surface area contributed by atoms with Gasteiger partial charge in [0.15, 0.2) is 0 Å². The van der Waals surface area contributed by atoms with Crippen LogP contribution in [0, 0.1) is 5.92 Å². The van der Waals surface area contributed by atoms with Gasteiger partial charge in [0.2, 0.25) is 5.91 Å². The molecule has 0 aromatic carbocycles. The van der Waals surface area contributed by atoms with Gasteiger partial charge in [-0.25, -0.2) is 0 Å². The maximum Gasteiger partial charge on any atom is 0.237 e. The zero-order valence-electron chi connectivity index (χ0n) is 9.54. The van der Waals surface area contributed by atoms with Gasteiger partial charge in [-0.15, -0.1) is 0 Å². The maximum atomic E-state index is 11.5. The monoisotopic (exact) mass is 202 g/mol. The molecule has 0 fully saturated rings. The summed E-state index contributed by atoms with van der Waals surface area (Å²) >= 11 is 0. The molecule has 0 rings (SSSR count). The van der Waals surface area contributed by atoms with Crippen molar-refractivity contribution in [3.05, 3.63) is 0 Å². The summed E-state index contributed by atoms with van der Waals surface area (Å²) in [5.41, 5.74) is 5.71. The average molecular weight is 202 g/mol. The van der Waals surface area contributed by atoms with Crippen molar-refractivity contribution in [2.75, 3.05) is 13.7 Å². The molecule has 0 heterocycles. The smallest absolute Gasteiger partial charge is 0.237 e. The predicted octanol–water partition coefficient (Wildman–Crippen LogP) is 0.511. The number of nitrogens with two attached hydrogens (primary N) is 1. The van der Waals surface area contributed by atoms with Gasteiger partial charge in [-0.3, -0.25) is 4.79 Å². The van der Waals surface area contributed by atoms with Gasteiger partial charge in [-0.1, -0.05) is 20.8 Å². The predicted molar refractivity (Wildman–Crippen MR) is 56.9 cm³/mol. The molecule has 4 heteroatoms. The van der Waals surface area contributed by atoms with Gasteiger partial charge >= 0.3 is 0 Å². The molecule has 0 radical (unpaired) electrons. The number of rotatable bonds is 6. The minimum Gasteiger partial charge on any atom is -0.383 e. The van der Waals surface area contributed by atoms with Gasteiger partial charge in [-0.2, -0.15) is 0 Å². The third kappa shape index (κ3) is 4.58. The van der Waals surface area contributed by atoms with E-state index in [0.717, 1.165) is 6.42 Å². The van der Waals surface area contributed by atoms with Crippen LogP contribution in [-0.2, 0) is 9.53 Å². The van der Waals surface area contributed by atoms with Gasteiger partial charge in [0.05, 0.1) is 18.7 Å². The van der Waals surface area contributed by atoms with Gasteiger partial charge in [-0.05, 0) is 12.3 Å². The number of amides is 1. The van der Waals surface area contributed by atoms with E-state index in [1.807, 2.05) is 20.8 Å². The number of ether oxygens (including phenoxy) is 1. The molecule has 0 aliphatic heterocycles. The Bertz CT molecular complexity index is 172. The first-order valence-electron chi connectivity index (χ1n) is 5.07. The van der Waals surface area contributed by atoms with Crippen LogP contribution in [0.3, 0.4) is 0 Å². The van der Waals surface area contributed by atoms with Crippen LogP contribution >= 0.6 is 0 Å². The van der Waals surface area contributed by atoms with Gasteiger partial charge < -0.3 is 15.8 Å². The molecule has 84 valence electrons. The van der Waals surface area contributed by atoms with E-state index in [9.17, 15) is 4.79 Å². The summed E-state index contributed by atoms with van der Waals surface area (Å²) in [6.07, 6.45) is 0.852. The lowest BCUT2D eigenvalue weighted by Gasteiger charge is -2.20. The highest BCUT2D eigenvalue weighted by molar-refractivity contribution is 5.82. The van der Waals surface area contributed by atoms with Crippen molar-refractivity contribution in [1.29, 1.82) is 0 Å². The zero-order chi connectivity index (χ0) is 11.1. The van der Waals surface area contributed by atoms with Crippen molar-refractivity contribution < 1.29 is 9.53 Å². The number of nitrogens with one attached hydrogen (secondary N) is 1. The molecule has 1 amide bonds. The summed E-state index contributed by atoms with van der Waals surface area (Å²) < 4.78 is 4.98. The summed E-state index contributed by atoms with van der Waals surface area (Å²) in [6, 6.07) is -0.363. The first-order valence-corrected chi connectivity index (χ1v) is 5.07. The van der Waals surface area contributed by atoms with E-state index in [0.29, 0.717) is 6.61 Å². The van der Waals surface area contributed by atoms with Crippen molar-refractivity contribution in [3.63, 3.8) is 0 Å². The normalized spacial score (nSPS) is 15.3. The molecule has 14 heavy (non-hydrogen) atoms. The SMILES string of the molecule is CCC(COC)NC(=O)[C@@H](N)C(C)C. The van der Waals surface area contributed by atoms with Gasteiger partial charge in [0.25, 0.3) is 0 Å². The van der Waals surface area contributed by atoms with Gasteiger partial charge in [0, 0.05) is 7.11 Å². The first-order chi connectivity index (χ1) is 6.52. The largest absolute Gasteiger partial charge is 0.383 e. The molecule has 3 N–H and O–H groups in total. The maximum absolute atomic E-state index is 11.5. The Morgan fingerprint density at radius 2 is 2.07 bits per heavy atom. The summed E-state index contributed by atoms with van der Waals surface area (Å²) in [4.78, 5) is 11.5. The molecule has 2 atom stereocenters. The number of carbonyl (C=O) groups is 1. The fraction of sp³-hybridized carbons (Fsp3) is 0.900. The Hall–Kier alpha value is -0.610. The van der Waals surface area contributed by atoms with E-state index in [4.69, 9.17) is 10.5 Å². The topological polar surface area (TPSA) is 64.3 Å². The Balaban J connectivity index is 4.01. The lowest BCUT2D eigenvalue weighted by molar-refractivity contribution is -0.124. The highest BCUT2D eigenvalue weighted by atomic mass is 16.5. The zero-order valence-corrected chi connectivity index (χ0v) is 9.54. The molecule has 0 bridgehead atoms. The molecular weight excluding hydrogens is 180 g/mol. The van der Waals surface area contributed by atoms with Crippen molar-refractivity contribution >= 4 is 5.91 Å². The van der Waals surface area contributed by atoms with E-state index in [1.54, 1.807) is 7.11 Å². The third-order valence-corrected chi connectivity index (χ3v) is 2.23. The molecule has 4 nitrogen and oxygen atoms in total. The molecular formula is C10H22N2O2. The Kier molecular flexibility index (Phi) is 6.49. The fourth-order valence-corrected chi connectivity index (χ4v) is 1.06. The standard InChI is InChI=1S/C10H22N2O2/c1-5-8(6-14-4)12-10(13)9(11)7(2)3/h7-9H,5-6,11H2,1-4H3,(H,12,13)/t8?,9-/m0/s1. The second kappa shape index (κ2) is 6.79. The van der Waals surface area contributed by atoms with Crippen molar-refractivity contribution in [2.24, 2.45) is 11.7 Å². The van der Waals surface area contributed by atoms with Crippen LogP contribution in [0.2, 0.25) is 0 Å². The van der Waals surface area contributed by atoms with Crippen LogP contribution in [0.5, 0.6) is 0 Å². The van der Waals surface area contributed by atoms with E-state index in [2.05, 4.69) is 5.32 Å². The van der Waals surface area contributed by atoms with Crippen LogP contribution in [0.1, 0.15) is 27.2 Å². The van der Waals surface area contributed by atoms with Crippen LogP contribution in [0.25, 0.3) is 0 Å². The summed E-state index contributed by atoms with van der Waals surface area (Å²) in [7, 11) is 1.62. The van der Waals surface area contributed by atoms with Gasteiger partial charge in [0.1, 0.15) is 0 Å². The van der Waals surface area contributed by atoms with Crippen molar-refractivity contribution in [1.82, 2.24) is 5.32 Å². The number of hydrogen-bond donors (Lipinski definition) is 2. The second-order valence-electron chi connectivity index (χ2n) is 3.84. The highest BCUT2D eigenvalue weighted by Gasteiger charge is 2.19. The quantitative estimate of drug-likeness (QED) is 0.659. The molecule has 0 aliphatic carbocycles. The lowest BCUT2D eigenvalue weighted by Crippen LogP contribution is -2.48. The summed E-state index contributed by atoms with van der Waals surface area (Å²) in [6.45, 7) is 6.40. The molecule has 0 aliphatic rings. The molecule has 0 saturated carbocycles. The number of carbonyl (C=O) groups excluding carboxylic acids is 1. The van der Waals surface area contributed by atoms with Crippen LogP contribution < -0.4 is 11.1 Å². The van der Waals surface area contributed by atoms with E-state index in [1.165, 1.54) is 0 Å². The van der Waals surface area contributed by atoms with E-state index in [-0.39, 0.29) is 17.9 Å². The average Bonchev–Trinajstić information content (AvgIpc) is 2.15. The highest BCUT2D eigenvalue weighted by Crippen LogP contribution is 2.00. The molecule has 0 aromatic heterocycles. The third-order valence-electron chi connectivity index (χ3n) is 2.23. The summed E-state index contributed by atoms with van der Waals surface area (Å²) in [5.74, 6) is 0.0685. The summed E-state index contributed by atoms with van der Waals surface area (Å²) in [5, 5.41) is 2.86. The van der Waals surface area contributed by atoms with Crippen molar-refractivity contribution in [2.45, 2.75) is 39.3 Å². The molecule has 0 saturated heterocycles. The first kappa shape index (κ1) is 13.4. The second-order valence-corrected chi connectivity index (χ2v) is 3.84. The lowest BCUT2D eigenvalue weighted by atomic mass is 10.0. The molecule has 0 aromatic rings. The van der Waals surface area contributed by atoms with E-state index < -0.39 is 6.04 Å². The Morgan fingerprint density at radius 1 is 1.50 bits per heavy atom. The van der Waals surface area contributed by atoms with Crippen LogP contribution in [0.4, 0.5) is 0 Å². The number of hydrogen-bond acceptors (Lipinski definition) is 3. The number of methoxy groups -OCH3 is 1. The van der Waals surface area contributed by atoms with Crippen molar-refractivity contribution in [3.8, 4) is 0 Å². The fourth-order valence-electron chi connectivity index (χ4n) is 1.06. The molecule has 0 spiro atoms. The van der Waals surface area contributed by atoms with Crippen LogP contribution in [-0.4, -0.2) is 31.7 Å². The Morgan fingerprint density at radius 3 is 2.43 bits per heavy atom. The molecule has 1 unspecified atom stereocenters. The minimum atomic E-state index is -0.430. The Labute approximate surface area is 86.2 Å².